The van der Waals surface area contributed by atoms with Crippen molar-refractivity contribution in [3.63, 3.8) is 0 Å². The highest BCUT2D eigenvalue weighted by molar-refractivity contribution is 5.95. The molecule has 0 unspecified atom stereocenters. The van der Waals surface area contributed by atoms with Crippen molar-refractivity contribution < 1.29 is 14.0 Å². The van der Waals surface area contributed by atoms with Gasteiger partial charge in [0.25, 0.3) is 5.91 Å². The second kappa shape index (κ2) is 8.94. The Bertz CT molecular complexity index is 1030. The molecule has 170 valence electrons. The van der Waals surface area contributed by atoms with E-state index in [1.165, 1.54) is 6.07 Å². The van der Waals surface area contributed by atoms with E-state index in [9.17, 15) is 14.0 Å². The number of carbonyl (C=O) groups excluding carboxylic acids is 2. The number of hydrogen-bond donors (Lipinski definition) is 1. The molecule has 2 aliphatic rings. The molecule has 0 saturated carbocycles. The van der Waals surface area contributed by atoms with Crippen LogP contribution >= 0.6 is 0 Å². The van der Waals surface area contributed by atoms with Gasteiger partial charge in [0.05, 0.1) is 23.0 Å². The fourth-order valence-electron chi connectivity index (χ4n) is 4.50. The second-order valence-electron chi connectivity index (χ2n) is 9.04. The number of piperazine rings is 1. The molecule has 2 saturated heterocycles. The van der Waals surface area contributed by atoms with Gasteiger partial charge in [0.2, 0.25) is 5.91 Å². The Labute approximate surface area is 188 Å². The molecule has 32 heavy (non-hydrogen) atoms. The van der Waals surface area contributed by atoms with Crippen LogP contribution in [0.1, 0.15) is 52.5 Å². The highest BCUT2D eigenvalue weighted by Crippen LogP contribution is 2.23. The van der Waals surface area contributed by atoms with Gasteiger partial charge in [-0.1, -0.05) is 6.07 Å². The van der Waals surface area contributed by atoms with Gasteiger partial charge < -0.3 is 15.1 Å². The fourth-order valence-corrected chi connectivity index (χ4v) is 4.50. The maximum absolute atomic E-state index is 14.6. The molecule has 0 aliphatic carbocycles. The normalized spacial score (nSPS) is 21.1. The van der Waals surface area contributed by atoms with E-state index in [0.29, 0.717) is 32.6 Å². The summed E-state index contributed by atoms with van der Waals surface area (Å²) in [7, 11) is 0. The standard InChI is InChI=1S/C24H30FN5O2/c1-16-15-27-28-21(17(16)2)14-18-5-6-20(25)19(13-18)22(31)29-9-11-30(12-10-29)23(32)24(3)7-4-8-26-24/h5-6,13,15,26H,4,7-12,14H2,1-3H3/t24-/m1/s1. The van der Waals surface area contributed by atoms with Gasteiger partial charge in [-0.15, -0.1) is 0 Å². The number of halogens is 1. The number of aromatic nitrogens is 2. The minimum atomic E-state index is -0.535. The molecular formula is C24H30FN5O2. The SMILES string of the molecule is Cc1cnnc(Cc2ccc(F)c(C(=O)N3CCN(C(=O)[C@@]4(C)CCCN4)CC3)c2)c1C. The van der Waals surface area contributed by atoms with Gasteiger partial charge in [-0.05, 0) is 69.0 Å². The number of rotatable bonds is 4. The predicted octanol–water partition coefficient (Wildman–Crippen LogP) is 2.25. The Kier molecular flexibility index (Phi) is 6.24. The predicted molar refractivity (Wildman–Crippen MR) is 119 cm³/mol. The summed E-state index contributed by atoms with van der Waals surface area (Å²) in [4.78, 5) is 29.4. The van der Waals surface area contributed by atoms with Crippen molar-refractivity contribution in [3.8, 4) is 0 Å². The Morgan fingerprint density at radius 3 is 2.56 bits per heavy atom. The summed E-state index contributed by atoms with van der Waals surface area (Å²) in [5.41, 5.74) is 3.27. The molecule has 7 nitrogen and oxygen atoms in total. The number of benzene rings is 1. The molecule has 4 rings (SSSR count). The van der Waals surface area contributed by atoms with E-state index in [0.717, 1.165) is 41.8 Å². The van der Waals surface area contributed by atoms with E-state index < -0.39 is 11.4 Å². The van der Waals surface area contributed by atoms with Crippen LogP contribution in [0.4, 0.5) is 4.39 Å². The van der Waals surface area contributed by atoms with E-state index >= 15 is 0 Å². The monoisotopic (exact) mass is 439 g/mol. The first-order valence-corrected chi connectivity index (χ1v) is 11.2. The zero-order chi connectivity index (χ0) is 22.9. The summed E-state index contributed by atoms with van der Waals surface area (Å²) in [6.07, 6.45) is 4.01. The summed E-state index contributed by atoms with van der Waals surface area (Å²) in [6, 6.07) is 4.64. The molecule has 0 bridgehead atoms. The topological polar surface area (TPSA) is 78.4 Å². The van der Waals surface area contributed by atoms with Crippen molar-refractivity contribution in [1.82, 2.24) is 25.3 Å². The van der Waals surface area contributed by atoms with E-state index in [1.54, 1.807) is 23.2 Å². The molecule has 2 aromatic rings. The van der Waals surface area contributed by atoms with Gasteiger partial charge in [0.15, 0.2) is 0 Å². The molecule has 0 spiro atoms. The van der Waals surface area contributed by atoms with Crippen LogP contribution in [0.15, 0.2) is 24.4 Å². The molecule has 2 aliphatic heterocycles. The lowest BCUT2D eigenvalue weighted by molar-refractivity contribution is -0.138. The Balaban J connectivity index is 1.44. The van der Waals surface area contributed by atoms with Gasteiger partial charge in [-0.25, -0.2) is 4.39 Å². The molecule has 8 heteroatoms. The first-order chi connectivity index (χ1) is 15.3. The van der Waals surface area contributed by atoms with Crippen LogP contribution in [-0.2, 0) is 11.2 Å². The third kappa shape index (κ3) is 4.37. The molecule has 2 fully saturated rings. The quantitative estimate of drug-likeness (QED) is 0.791. The van der Waals surface area contributed by atoms with Crippen molar-refractivity contribution in [2.75, 3.05) is 32.7 Å². The van der Waals surface area contributed by atoms with Crippen molar-refractivity contribution in [3.05, 3.63) is 58.2 Å². The fraction of sp³-hybridized carbons (Fsp3) is 0.500. The second-order valence-corrected chi connectivity index (χ2v) is 9.04. The number of nitrogens with zero attached hydrogens (tertiary/aromatic N) is 4. The number of hydrogen-bond acceptors (Lipinski definition) is 5. The average Bonchev–Trinajstić information content (AvgIpc) is 3.25. The lowest BCUT2D eigenvalue weighted by Gasteiger charge is -2.38. The third-order valence-corrected chi connectivity index (χ3v) is 6.78. The maximum Gasteiger partial charge on any atom is 0.256 e. The Morgan fingerprint density at radius 1 is 1.16 bits per heavy atom. The molecule has 0 radical (unpaired) electrons. The highest BCUT2D eigenvalue weighted by Gasteiger charge is 2.40. The lowest BCUT2D eigenvalue weighted by Crippen LogP contribution is -2.58. The summed E-state index contributed by atoms with van der Waals surface area (Å²) in [6.45, 7) is 8.46. The van der Waals surface area contributed by atoms with Gasteiger partial charge in [0.1, 0.15) is 5.82 Å². The van der Waals surface area contributed by atoms with Crippen molar-refractivity contribution in [2.45, 2.75) is 45.6 Å². The molecule has 3 heterocycles. The zero-order valence-corrected chi connectivity index (χ0v) is 18.9. The first kappa shape index (κ1) is 22.3. The average molecular weight is 440 g/mol. The Hall–Kier alpha value is -2.87. The van der Waals surface area contributed by atoms with Crippen molar-refractivity contribution >= 4 is 11.8 Å². The molecule has 1 aromatic heterocycles. The van der Waals surface area contributed by atoms with E-state index in [2.05, 4.69) is 15.5 Å². The molecule has 1 atom stereocenters. The van der Waals surface area contributed by atoms with Gasteiger partial charge in [-0.2, -0.15) is 10.2 Å². The first-order valence-electron chi connectivity index (χ1n) is 11.2. The maximum atomic E-state index is 14.6. The zero-order valence-electron chi connectivity index (χ0n) is 18.9. The minimum Gasteiger partial charge on any atom is -0.338 e. The smallest absolute Gasteiger partial charge is 0.256 e. The van der Waals surface area contributed by atoms with Crippen LogP contribution < -0.4 is 5.32 Å². The van der Waals surface area contributed by atoms with Gasteiger partial charge >= 0.3 is 0 Å². The summed E-state index contributed by atoms with van der Waals surface area (Å²) < 4.78 is 14.6. The van der Waals surface area contributed by atoms with E-state index in [1.807, 2.05) is 25.7 Å². The van der Waals surface area contributed by atoms with Crippen LogP contribution in [0.25, 0.3) is 0 Å². The Morgan fingerprint density at radius 2 is 1.88 bits per heavy atom. The number of aryl methyl sites for hydroxylation is 1. The summed E-state index contributed by atoms with van der Waals surface area (Å²) >= 11 is 0. The van der Waals surface area contributed by atoms with Crippen molar-refractivity contribution in [2.24, 2.45) is 0 Å². The van der Waals surface area contributed by atoms with Crippen LogP contribution in [-0.4, -0.2) is 70.1 Å². The van der Waals surface area contributed by atoms with E-state index in [-0.39, 0.29) is 17.4 Å². The van der Waals surface area contributed by atoms with Crippen LogP contribution in [0.3, 0.4) is 0 Å². The highest BCUT2D eigenvalue weighted by atomic mass is 19.1. The van der Waals surface area contributed by atoms with Crippen LogP contribution in [0.5, 0.6) is 0 Å². The number of carbonyl (C=O) groups is 2. The largest absolute Gasteiger partial charge is 0.338 e. The number of amides is 2. The number of nitrogens with one attached hydrogen (secondary N) is 1. The molecule has 2 amide bonds. The van der Waals surface area contributed by atoms with Crippen LogP contribution in [0, 0.1) is 19.7 Å². The van der Waals surface area contributed by atoms with Gasteiger partial charge in [-0.3, -0.25) is 9.59 Å². The third-order valence-electron chi connectivity index (χ3n) is 6.78. The summed E-state index contributed by atoms with van der Waals surface area (Å²) in [5, 5.41) is 11.5. The molecule has 1 aromatic carbocycles. The molecular weight excluding hydrogens is 409 g/mol. The van der Waals surface area contributed by atoms with Gasteiger partial charge in [0, 0.05) is 32.6 Å². The summed E-state index contributed by atoms with van der Waals surface area (Å²) in [5.74, 6) is -0.786. The minimum absolute atomic E-state index is 0.0602. The van der Waals surface area contributed by atoms with E-state index in [4.69, 9.17) is 0 Å². The molecule has 1 N–H and O–H groups in total. The van der Waals surface area contributed by atoms with Crippen molar-refractivity contribution in [1.29, 1.82) is 0 Å². The van der Waals surface area contributed by atoms with Crippen LogP contribution in [0.2, 0.25) is 0 Å². The lowest BCUT2D eigenvalue weighted by atomic mass is 9.98.